The Balaban J connectivity index is 1.59. The fourth-order valence-corrected chi connectivity index (χ4v) is 2.64. The summed E-state index contributed by atoms with van der Waals surface area (Å²) in [4.78, 5) is 10.9. The quantitative estimate of drug-likeness (QED) is 0.547. The highest BCUT2D eigenvalue weighted by atomic mass is 16.5. The van der Waals surface area contributed by atoms with Gasteiger partial charge in [-0.1, -0.05) is 25.1 Å². The van der Waals surface area contributed by atoms with E-state index in [9.17, 15) is 0 Å². The lowest BCUT2D eigenvalue weighted by Crippen LogP contribution is -2.19. The van der Waals surface area contributed by atoms with Crippen LogP contribution in [0, 0.1) is 0 Å². The van der Waals surface area contributed by atoms with Gasteiger partial charge >= 0.3 is 0 Å². The molecule has 8 heteroatoms. The summed E-state index contributed by atoms with van der Waals surface area (Å²) in [5.41, 5.74) is 1.66. The van der Waals surface area contributed by atoms with Crippen LogP contribution in [0.2, 0.25) is 0 Å². The van der Waals surface area contributed by atoms with Crippen molar-refractivity contribution in [1.29, 1.82) is 0 Å². The molecule has 0 bridgehead atoms. The maximum atomic E-state index is 5.38. The van der Waals surface area contributed by atoms with Crippen LogP contribution in [0.5, 0.6) is 0 Å². The molecule has 0 atom stereocenters. The Morgan fingerprint density at radius 3 is 2.88 bits per heavy atom. The number of hydrogen-bond acceptors (Lipinski definition) is 7. The van der Waals surface area contributed by atoms with Crippen molar-refractivity contribution in [3.63, 3.8) is 0 Å². The first-order valence-corrected chi connectivity index (χ1v) is 8.41. The average molecular weight is 349 g/mol. The van der Waals surface area contributed by atoms with Crippen molar-refractivity contribution in [2.45, 2.75) is 26.3 Å². The summed E-state index contributed by atoms with van der Waals surface area (Å²) in [6.45, 7) is 4.63. The molecule has 0 unspecified atom stereocenters. The van der Waals surface area contributed by atoms with Crippen LogP contribution in [0.25, 0.3) is 17.1 Å². The molecule has 132 valence electrons. The third kappa shape index (κ3) is 3.01. The van der Waals surface area contributed by atoms with E-state index in [-0.39, 0.29) is 5.92 Å². The van der Waals surface area contributed by atoms with Gasteiger partial charge in [0.05, 0.1) is 6.54 Å². The smallest absolute Gasteiger partial charge is 0.258 e. The molecule has 0 saturated heterocycles. The molecule has 0 aliphatic heterocycles. The maximum Gasteiger partial charge on any atom is 0.258 e. The highest BCUT2D eigenvalue weighted by Gasteiger charge is 2.14. The first kappa shape index (κ1) is 16.2. The van der Waals surface area contributed by atoms with E-state index in [1.165, 1.54) is 0 Å². The van der Waals surface area contributed by atoms with Crippen LogP contribution in [0.3, 0.4) is 0 Å². The molecule has 0 fully saturated rings. The number of fused-ring (bicyclic) bond motifs is 1. The van der Waals surface area contributed by atoms with E-state index in [4.69, 9.17) is 4.52 Å². The summed E-state index contributed by atoms with van der Waals surface area (Å²) in [6.07, 6.45) is 3.69. The van der Waals surface area contributed by atoms with Gasteiger partial charge in [0.25, 0.3) is 5.89 Å². The van der Waals surface area contributed by atoms with Gasteiger partial charge in [-0.2, -0.15) is 4.98 Å². The highest BCUT2D eigenvalue weighted by Crippen LogP contribution is 2.23. The van der Waals surface area contributed by atoms with E-state index in [2.05, 4.69) is 25.3 Å². The average Bonchev–Trinajstić information content (AvgIpc) is 3.30. The summed E-state index contributed by atoms with van der Waals surface area (Å²) in [5.74, 6) is 3.05. The minimum atomic E-state index is 0.220. The molecular weight excluding hydrogens is 330 g/mol. The Morgan fingerprint density at radius 1 is 1.19 bits per heavy atom. The minimum absolute atomic E-state index is 0.220. The molecule has 4 aromatic heterocycles. The molecule has 8 nitrogen and oxygen atoms in total. The van der Waals surface area contributed by atoms with Crippen LogP contribution in [-0.2, 0) is 6.54 Å². The van der Waals surface area contributed by atoms with Crippen molar-refractivity contribution in [2.24, 2.45) is 0 Å². The Kier molecular flexibility index (Phi) is 4.08. The molecule has 0 N–H and O–H groups in total. The molecule has 4 aromatic rings. The third-order valence-corrected chi connectivity index (χ3v) is 4.10. The number of hydrogen-bond donors (Lipinski definition) is 0. The van der Waals surface area contributed by atoms with Gasteiger partial charge in [0.2, 0.25) is 0 Å². The van der Waals surface area contributed by atoms with E-state index in [1.54, 1.807) is 6.20 Å². The topological polar surface area (TPSA) is 85.2 Å². The summed E-state index contributed by atoms with van der Waals surface area (Å²) < 4.78 is 7.34. The Bertz CT molecular complexity index is 1040. The van der Waals surface area contributed by atoms with Gasteiger partial charge < -0.3 is 9.42 Å². The van der Waals surface area contributed by atoms with Crippen molar-refractivity contribution in [3.05, 3.63) is 54.4 Å². The number of aromatic nitrogens is 6. The second-order valence-corrected chi connectivity index (χ2v) is 6.42. The van der Waals surface area contributed by atoms with E-state index < -0.39 is 0 Å². The molecule has 4 rings (SSSR count). The Morgan fingerprint density at radius 2 is 2.08 bits per heavy atom. The lowest BCUT2D eigenvalue weighted by atomic mass is 10.2. The van der Waals surface area contributed by atoms with Crippen LogP contribution in [0.4, 0.5) is 5.82 Å². The van der Waals surface area contributed by atoms with Crippen LogP contribution >= 0.6 is 0 Å². The molecule has 0 amide bonds. The van der Waals surface area contributed by atoms with Crippen LogP contribution < -0.4 is 4.90 Å². The predicted molar refractivity (Wildman–Crippen MR) is 96.7 cm³/mol. The molecule has 4 heterocycles. The van der Waals surface area contributed by atoms with Crippen molar-refractivity contribution in [2.75, 3.05) is 11.9 Å². The van der Waals surface area contributed by atoms with Crippen molar-refractivity contribution in [3.8, 4) is 11.5 Å². The monoisotopic (exact) mass is 349 g/mol. The van der Waals surface area contributed by atoms with Crippen molar-refractivity contribution >= 4 is 11.5 Å². The number of nitrogens with zero attached hydrogens (tertiary/aromatic N) is 7. The van der Waals surface area contributed by atoms with Gasteiger partial charge in [-0.25, -0.2) is 4.98 Å². The fourth-order valence-electron chi connectivity index (χ4n) is 2.64. The molecule has 0 aliphatic rings. The number of anilines is 1. The summed E-state index contributed by atoms with van der Waals surface area (Å²) >= 11 is 0. The van der Waals surface area contributed by atoms with Gasteiger partial charge in [0.15, 0.2) is 17.3 Å². The van der Waals surface area contributed by atoms with E-state index in [0.29, 0.717) is 18.3 Å². The van der Waals surface area contributed by atoms with E-state index >= 15 is 0 Å². The largest absolute Gasteiger partial charge is 0.352 e. The number of pyridine rings is 2. The first-order valence-electron chi connectivity index (χ1n) is 8.41. The molecule has 0 radical (unpaired) electrons. The zero-order valence-corrected chi connectivity index (χ0v) is 14.9. The van der Waals surface area contributed by atoms with Crippen LogP contribution in [0.1, 0.15) is 31.4 Å². The maximum absolute atomic E-state index is 5.38. The first-order chi connectivity index (χ1) is 12.6. The van der Waals surface area contributed by atoms with Crippen LogP contribution in [0.15, 0.2) is 47.2 Å². The number of rotatable bonds is 5. The Hall–Kier alpha value is -3.29. The molecule has 0 aromatic carbocycles. The third-order valence-electron chi connectivity index (χ3n) is 4.10. The molecule has 0 aliphatic carbocycles. The van der Waals surface area contributed by atoms with Crippen molar-refractivity contribution < 1.29 is 4.52 Å². The van der Waals surface area contributed by atoms with Crippen LogP contribution in [-0.4, -0.2) is 36.8 Å². The van der Waals surface area contributed by atoms with Gasteiger partial charge in [-0.3, -0.25) is 4.40 Å². The predicted octanol–water partition coefficient (Wildman–Crippen LogP) is 2.93. The zero-order valence-electron chi connectivity index (χ0n) is 14.9. The Labute approximate surface area is 150 Å². The SMILES string of the molecule is CC(C)c1noc(-c2ccnc(N(C)Cc3nnc4ccccn34)c2)n1. The summed E-state index contributed by atoms with van der Waals surface area (Å²) in [7, 11) is 1.96. The highest BCUT2D eigenvalue weighted by molar-refractivity contribution is 5.58. The van der Waals surface area contributed by atoms with Gasteiger partial charge in [0, 0.05) is 30.9 Å². The molecule has 0 saturated carbocycles. The second kappa shape index (κ2) is 6.55. The molecular formula is C18H19N7O. The lowest BCUT2D eigenvalue weighted by Gasteiger charge is -2.17. The minimum Gasteiger partial charge on any atom is -0.352 e. The van der Waals surface area contributed by atoms with Gasteiger partial charge in [-0.05, 0) is 24.3 Å². The van der Waals surface area contributed by atoms with Crippen molar-refractivity contribution in [1.82, 2.24) is 29.7 Å². The van der Waals surface area contributed by atoms with E-state index in [1.807, 2.05) is 66.7 Å². The van der Waals surface area contributed by atoms with Gasteiger partial charge in [0.1, 0.15) is 5.82 Å². The molecule has 0 spiro atoms. The summed E-state index contributed by atoms with van der Waals surface area (Å²) in [6, 6.07) is 9.62. The second-order valence-electron chi connectivity index (χ2n) is 6.42. The normalized spacial score (nSPS) is 11.4. The molecule has 26 heavy (non-hydrogen) atoms. The van der Waals surface area contributed by atoms with Gasteiger partial charge in [-0.15, -0.1) is 10.2 Å². The fraction of sp³-hybridized carbons (Fsp3) is 0.278. The summed E-state index contributed by atoms with van der Waals surface area (Å²) in [5, 5.41) is 12.5. The van der Waals surface area contributed by atoms with E-state index in [0.717, 1.165) is 22.9 Å². The zero-order chi connectivity index (χ0) is 18.1. The standard InChI is InChI=1S/C18H19N7O/c1-12(2)17-20-18(26-23-17)13-7-8-19-15(10-13)24(3)11-16-22-21-14-6-4-5-9-25(14)16/h4-10,12H,11H2,1-3H3. The lowest BCUT2D eigenvalue weighted by molar-refractivity contribution is 0.419.